The molecule has 0 aliphatic carbocycles. The minimum Gasteiger partial charge on any atom is -0.317 e. The molecule has 1 aromatic heterocycles. The summed E-state index contributed by atoms with van der Waals surface area (Å²) in [6.07, 6.45) is 4.72. The van der Waals surface area contributed by atoms with Gasteiger partial charge in [0.25, 0.3) is 0 Å². The number of aryl methyl sites for hydroxylation is 1. The van der Waals surface area contributed by atoms with Crippen LogP contribution in [0.2, 0.25) is 0 Å². The van der Waals surface area contributed by atoms with Gasteiger partial charge in [0.2, 0.25) is 10.0 Å². The minimum atomic E-state index is -3.49. The molecule has 0 amide bonds. The first kappa shape index (κ1) is 18.1. The van der Waals surface area contributed by atoms with E-state index in [4.69, 9.17) is 0 Å². The first-order valence-electron chi connectivity index (χ1n) is 7.48. The highest BCUT2D eigenvalue weighted by molar-refractivity contribution is 7.89. The quantitative estimate of drug-likeness (QED) is 0.704. The lowest BCUT2D eigenvalue weighted by atomic mass is 10.0. The first-order chi connectivity index (χ1) is 9.75. The van der Waals surface area contributed by atoms with Crippen molar-refractivity contribution in [3.8, 4) is 0 Å². The summed E-state index contributed by atoms with van der Waals surface area (Å²) in [5, 5.41) is 7.39. The Labute approximate surface area is 128 Å². The predicted molar refractivity (Wildman–Crippen MR) is 84.7 cm³/mol. The Morgan fingerprint density at radius 3 is 2.62 bits per heavy atom. The molecule has 0 aliphatic heterocycles. The van der Waals surface area contributed by atoms with E-state index < -0.39 is 15.6 Å². The summed E-state index contributed by atoms with van der Waals surface area (Å²) >= 11 is 0. The maximum atomic E-state index is 12.6. The fourth-order valence-electron chi connectivity index (χ4n) is 1.85. The summed E-state index contributed by atoms with van der Waals surface area (Å²) in [5.74, 6) is 0. The van der Waals surface area contributed by atoms with Crippen molar-refractivity contribution in [1.82, 2.24) is 19.4 Å². The zero-order valence-electron chi connectivity index (χ0n) is 13.8. The molecule has 1 heterocycles. The molecule has 0 aromatic carbocycles. The number of rotatable bonds is 9. The summed E-state index contributed by atoms with van der Waals surface area (Å²) in [7, 11) is -1.86. The van der Waals surface area contributed by atoms with E-state index in [1.165, 1.54) is 10.5 Å². The molecule has 0 fully saturated rings. The van der Waals surface area contributed by atoms with Crippen LogP contribution in [0, 0.1) is 0 Å². The molecule has 0 spiro atoms. The van der Waals surface area contributed by atoms with Crippen molar-refractivity contribution in [2.75, 3.05) is 20.1 Å². The second kappa shape index (κ2) is 7.38. The SMILES string of the molecule is CCNCCCn1cc(S(=O)(=O)N(C)C(C)(C)CC)cn1. The van der Waals surface area contributed by atoms with Crippen molar-refractivity contribution in [3.05, 3.63) is 12.4 Å². The number of nitrogens with one attached hydrogen (secondary N) is 1. The van der Waals surface area contributed by atoms with Gasteiger partial charge in [0.1, 0.15) is 4.90 Å². The number of aromatic nitrogens is 2. The van der Waals surface area contributed by atoms with Crippen LogP contribution in [0.4, 0.5) is 0 Å². The van der Waals surface area contributed by atoms with Crippen molar-refractivity contribution in [1.29, 1.82) is 0 Å². The van der Waals surface area contributed by atoms with Gasteiger partial charge in [-0.25, -0.2) is 8.42 Å². The summed E-state index contributed by atoms with van der Waals surface area (Å²) < 4.78 is 28.3. The fraction of sp³-hybridized carbons (Fsp3) is 0.786. The van der Waals surface area contributed by atoms with E-state index in [0.29, 0.717) is 6.54 Å². The third kappa shape index (κ3) is 4.52. The molecule has 0 unspecified atom stereocenters. The Morgan fingerprint density at radius 1 is 1.38 bits per heavy atom. The minimum absolute atomic E-state index is 0.259. The topological polar surface area (TPSA) is 67.2 Å². The molecule has 0 radical (unpaired) electrons. The normalized spacial score (nSPS) is 13.0. The third-order valence-electron chi connectivity index (χ3n) is 3.98. The second-order valence-corrected chi connectivity index (χ2v) is 7.75. The lowest BCUT2D eigenvalue weighted by Gasteiger charge is -2.33. The molecule has 1 rings (SSSR count). The highest BCUT2D eigenvalue weighted by Crippen LogP contribution is 2.24. The molecule has 6 nitrogen and oxygen atoms in total. The Kier molecular flexibility index (Phi) is 6.37. The summed E-state index contributed by atoms with van der Waals surface area (Å²) in [6, 6.07) is 0. The van der Waals surface area contributed by atoms with E-state index in [1.54, 1.807) is 17.9 Å². The average molecular weight is 316 g/mol. The Bertz CT molecular complexity index is 537. The number of hydrogen-bond donors (Lipinski definition) is 1. The van der Waals surface area contributed by atoms with Gasteiger partial charge >= 0.3 is 0 Å². The van der Waals surface area contributed by atoms with Crippen LogP contribution in [0.25, 0.3) is 0 Å². The molecular weight excluding hydrogens is 288 g/mol. The zero-order valence-corrected chi connectivity index (χ0v) is 14.6. The van der Waals surface area contributed by atoms with E-state index in [0.717, 1.165) is 25.9 Å². The molecule has 122 valence electrons. The molecule has 0 atom stereocenters. The van der Waals surface area contributed by atoms with Gasteiger partial charge in [0.05, 0.1) is 6.20 Å². The predicted octanol–water partition coefficient (Wildman–Crippen LogP) is 1.69. The van der Waals surface area contributed by atoms with Gasteiger partial charge in [0.15, 0.2) is 0 Å². The van der Waals surface area contributed by atoms with Gasteiger partial charge in [-0.3, -0.25) is 4.68 Å². The van der Waals surface area contributed by atoms with Gasteiger partial charge in [0, 0.05) is 25.3 Å². The van der Waals surface area contributed by atoms with Crippen LogP contribution < -0.4 is 5.32 Å². The Balaban J connectivity index is 2.79. The Morgan fingerprint density at radius 2 is 2.05 bits per heavy atom. The summed E-state index contributed by atoms with van der Waals surface area (Å²) in [4.78, 5) is 0.259. The first-order valence-corrected chi connectivity index (χ1v) is 8.92. The lowest BCUT2D eigenvalue weighted by molar-refractivity contribution is 0.257. The van der Waals surface area contributed by atoms with Crippen LogP contribution >= 0.6 is 0 Å². The zero-order chi connectivity index (χ0) is 16.1. The van der Waals surface area contributed by atoms with E-state index in [9.17, 15) is 8.42 Å². The van der Waals surface area contributed by atoms with Crippen molar-refractivity contribution in [2.24, 2.45) is 0 Å². The van der Waals surface area contributed by atoms with Crippen molar-refractivity contribution < 1.29 is 8.42 Å². The van der Waals surface area contributed by atoms with E-state index in [2.05, 4.69) is 17.3 Å². The van der Waals surface area contributed by atoms with E-state index in [-0.39, 0.29) is 4.90 Å². The maximum Gasteiger partial charge on any atom is 0.246 e. The van der Waals surface area contributed by atoms with Crippen molar-refractivity contribution in [3.63, 3.8) is 0 Å². The molecule has 0 saturated heterocycles. The van der Waals surface area contributed by atoms with Gasteiger partial charge < -0.3 is 5.32 Å². The molecule has 1 aromatic rings. The molecule has 0 saturated carbocycles. The Hall–Kier alpha value is -0.920. The van der Waals surface area contributed by atoms with E-state index in [1.807, 2.05) is 20.8 Å². The molecule has 7 heteroatoms. The van der Waals surface area contributed by atoms with Crippen molar-refractivity contribution in [2.45, 2.75) is 57.5 Å². The second-order valence-electron chi connectivity index (χ2n) is 5.78. The largest absolute Gasteiger partial charge is 0.317 e. The monoisotopic (exact) mass is 316 g/mol. The standard InChI is InChI=1S/C14H28N4O2S/c1-6-14(3,4)17(5)21(19,20)13-11-16-18(12-13)10-8-9-15-7-2/h11-12,15H,6-10H2,1-5H3. The highest BCUT2D eigenvalue weighted by Gasteiger charge is 2.33. The molecule has 21 heavy (non-hydrogen) atoms. The van der Waals surface area contributed by atoms with Crippen LogP contribution in [0.5, 0.6) is 0 Å². The smallest absolute Gasteiger partial charge is 0.246 e. The molecule has 1 N–H and O–H groups in total. The van der Waals surface area contributed by atoms with Crippen LogP contribution in [0.1, 0.15) is 40.5 Å². The number of hydrogen-bond acceptors (Lipinski definition) is 4. The molecule has 0 aliphatic rings. The van der Waals surface area contributed by atoms with Gasteiger partial charge in [-0.15, -0.1) is 0 Å². The lowest BCUT2D eigenvalue weighted by Crippen LogP contribution is -2.44. The van der Waals surface area contributed by atoms with E-state index >= 15 is 0 Å². The van der Waals surface area contributed by atoms with Crippen molar-refractivity contribution >= 4 is 10.0 Å². The number of sulfonamides is 1. The molecular formula is C14H28N4O2S. The summed E-state index contributed by atoms with van der Waals surface area (Å²) in [6.45, 7) is 10.4. The highest BCUT2D eigenvalue weighted by atomic mass is 32.2. The van der Waals surface area contributed by atoms with Gasteiger partial charge in [-0.2, -0.15) is 9.40 Å². The molecule has 0 bridgehead atoms. The van der Waals surface area contributed by atoms with Crippen LogP contribution in [0.15, 0.2) is 17.3 Å². The third-order valence-corrected chi connectivity index (χ3v) is 6.00. The van der Waals surface area contributed by atoms with Gasteiger partial charge in [-0.1, -0.05) is 13.8 Å². The summed E-state index contributed by atoms with van der Waals surface area (Å²) in [5.41, 5.74) is -0.411. The fourth-order valence-corrected chi connectivity index (χ4v) is 3.38. The maximum absolute atomic E-state index is 12.6. The van der Waals surface area contributed by atoms with Crippen LogP contribution in [-0.2, 0) is 16.6 Å². The average Bonchev–Trinajstić information content (AvgIpc) is 2.92. The van der Waals surface area contributed by atoms with Gasteiger partial charge in [-0.05, 0) is 39.8 Å². The number of nitrogens with zero attached hydrogens (tertiary/aromatic N) is 3. The van der Waals surface area contributed by atoms with Crippen LogP contribution in [-0.4, -0.2) is 48.2 Å². The van der Waals surface area contributed by atoms with Crippen LogP contribution in [0.3, 0.4) is 0 Å².